The minimum atomic E-state index is -4.51. The molecule has 0 saturated carbocycles. The molecule has 1 aliphatic heterocycles. The minimum absolute atomic E-state index is 0. The van der Waals surface area contributed by atoms with Gasteiger partial charge in [-0.3, -0.25) is 0 Å². The summed E-state index contributed by atoms with van der Waals surface area (Å²) in [4.78, 5) is 0. The van der Waals surface area contributed by atoms with Gasteiger partial charge in [0.25, 0.3) is 0 Å². The zero-order valence-electron chi connectivity index (χ0n) is 10.7. The number of rotatable bonds is 2. The second-order valence-corrected chi connectivity index (χ2v) is 4.84. The lowest BCUT2D eigenvalue weighted by Crippen LogP contribution is -2.34. The molecular formula is C13H17ClF4N2. The average molecular weight is 313 g/mol. The van der Waals surface area contributed by atoms with Crippen LogP contribution in [-0.4, -0.2) is 13.1 Å². The van der Waals surface area contributed by atoms with Crippen LogP contribution < -0.4 is 11.1 Å². The van der Waals surface area contributed by atoms with Gasteiger partial charge in [0.2, 0.25) is 0 Å². The van der Waals surface area contributed by atoms with Gasteiger partial charge in [-0.2, -0.15) is 13.2 Å². The first-order valence-corrected chi connectivity index (χ1v) is 6.22. The first kappa shape index (κ1) is 17.2. The molecule has 2 rings (SSSR count). The predicted molar refractivity (Wildman–Crippen MR) is 71.2 cm³/mol. The normalized spacial score (nSPS) is 18.4. The molecule has 1 aliphatic rings. The van der Waals surface area contributed by atoms with Gasteiger partial charge in [0.1, 0.15) is 5.82 Å². The lowest BCUT2D eigenvalue weighted by Gasteiger charge is -2.30. The van der Waals surface area contributed by atoms with Gasteiger partial charge in [0.05, 0.1) is 5.56 Å². The Hall–Kier alpha value is -0.850. The summed E-state index contributed by atoms with van der Waals surface area (Å²) in [5.41, 5.74) is 4.97. The van der Waals surface area contributed by atoms with E-state index in [1.54, 1.807) is 0 Å². The fourth-order valence-corrected chi connectivity index (χ4v) is 2.52. The summed E-state index contributed by atoms with van der Waals surface area (Å²) in [5, 5.41) is 3.13. The molecule has 0 bridgehead atoms. The van der Waals surface area contributed by atoms with Crippen LogP contribution in [0.4, 0.5) is 17.6 Å². The topological polar surface area (TPSA) is 38.0 Å². The number of benzene rings is 1. The Bertz CT molecular complexity index is 444. The first-order valence-electron chi connectivity index (χ1n) is 6.22. The van der Waals surface area contributed by atoms with E-state index in [9.17, 15) is 17.6 Å². The first-order chi connectivity index (χ1) is 8.89. The van der Waals surface area contributed by atoms with Gasteiger partial charge in [-0.25, -0.2) is 4.39 Å². The van der Waals surface area contributed by atoms with E-state index in [0.29, 0.717) is 12.8 Å². The summed E-state index contributed by atoms with van der Waals surface area (Å²) in [6.45, 7) is 1.46. The Balaban J connectivity index is 0.00000200. The van der Waals surface area contributed by atoms with Crippen molar-refractivity contribution in [3.05, 3.63) is 35.1 Å². The maximum Gasteiger partial charge on any atom is 0.416 e. The third-order valence-corrected chi connectivity index (χ3v) is 3.57. The summed E-state index contributed by atoms with van der Waals surface area (Å²) in [6.07, 6.45) is -3.10. The highest BCUT2D eigenvalue weighted by Crippen LogP contribution is 2.37. The maximum absolute atomic E-state index is 13.2. The fourth-order valence-electron chi connectivity index (χ4n) is 2.52. The molecule has 0 radical (unpaired) electrons. The van der Waals surface area contributed by atoms with E-state index in [-0.39, 0.29) is 23.9 Å². The Kier molecular flexibility index (Phi) is 5.79. The number of nitrogens with one attached hydrogen (secondary N) is 1. The second-order valence-electron chi connectivity index (χ2n) is 4.84. The molecule has 1 aromatic carbocycles. The number of hydrogen-bond acceptors (Lipinski definition) is 2. The number of halogens is 5. The van der Waals surface area contributed by atoms with Crippen LogP contribution in [0.3, 0.4) is 0 Å². The van der Waals surface area contributed by atoms with Crippen LogP contribution in [0.2, 0.25) is 0 Å². The number of hydrogen-bond donors (Lipinski definition) is 2. The van der Waals surface area contributed by atoms with Crippen molar-refractivity contribution in [1.82, 2.24) is 5.32 Å². The van der Waals surface area contributed by atoms with Crippen LogP contribution >= 0.6 is 12.4 Å². The molecule has 2 nitrogen and oxygen atoms in total. The molecule has 1 heterocycles. The summed E-state index contributed by atoms with van der Waals surface area (Å²) in [6, 6.07) is 1.72. The van der Waals surface area contributed by atoms with Crippen molar-refractivity contribution in [1.29, 1.82) is 0 Å². The van der Waals surface area contributed by atoms with Gasteiger partial charge in [0, 0.05) is 6.04 Å². The van der Waals surface area contributed by atoms with Crippen molar-refractivity contribution in [2.24, 2.45) is 11.7 Å². The summed E-state index contributed by atoms with van der Waals surface area (Å²) >= 11 is 0. The zero-order valence-corrected chi connectivity index (χ0v) is 11.5. The fraction of sp³-hybridized carbons (Fsp3) is 0.538. The molecular weight excluding hydrogens is 296 g/mol. The third kappa shape index (κ3) is 3.84. The van der Waals surface area contributed by atoms with Gasteiger partial charge in [0.15, 0.2) is 0 Å². The molecule has 0 unspecified atom stereocenters. The highest BCUT2D eigenvalue weighted by Gasteiger charge is 2.36. The predicted octanol–water partition coefficient (Wildman–Crippen LogP) is 3.27. The smallest absolute Gasteiger partial charge is 0.324 e. The van der Waals surface area contributed by atoms with Crippen LogP contribution in [0.5, 0.6) is 0 Å². The minimum Gasteiger partial charge on any atom is -0.324 e. The molecule has 114 valence electrons. The Morgan fingerprint density at radius 2 is 1.80 bits per heavy atom. The Labute approximate surface area is 121 Å². The summed E-state index contributed by atoms with van der Waals surface area (Å²) < 4.78 is 52.0. The van der Waals surface area contributed by atoms with Crippen LogP contribution in [0.1, 0.15) is 30.0 Å². The van der Waals surface area contributed by atoms with Gasteiger partial charge >= 0.3 is 6.18 Å². The molecule has 0 aliphatic carbocycles. The van der Waals surface area contributed by atoms with E-state index in [4.69, 9.17) is 5.73 Å². The molecule has 7 heteroatoms. The Morgan fingerprint density at radius 1 is 1.20 bits per heavy atom. The van der Waals surface area contributed by atoms with E-state index in [1.807, 2.05) is 0 Å². The monoisotopic (exact) mass is 312 g/mol. The lowest BCUT2D eigenvalue weighted by atomic mass is 9.84. The maximum atomic E-state index is 13.2. The largest absolute Gasteiger partial charge is 0.416 e. The summed E-state index contributed by atoms with van der Waals surface area (Å²) in [5.74, 6) is -0.739. The highest BCUT2D eigenvalue weighted by molar-refractivity contribution is 5.85. The quantitative estimate of drug-likeness (QED) is 0.823. The van der Waals surface area contributed by atoms with E-state index in [1.165, 1.54) is 0 Å². The molecule has 1 atom stereocenters. The molecule has 1 aromatic rings. The number of nitrogens with two attached hydrogens (primary N) is 1. The van der Waals surface area contributed by atoms with E-state index < -0.39 is 23.6 Å². The van der Waals surface area contributed by atoms with Gasteiger partial charge in [-0.1, -0.05) is 0 Å². The Morgan fingerprint density at radius 3 is 2.35 bits per heavy atom. The van der Waals surface area contributed by atoms with Crippen molar-refractivity contribution in [3.8, 4) is 0 Å². The van der Waals surface area contributed by atoms with Crippen molar-refractivity contribution >= 4 is 12.4 Å². The SMILES string of the molecule is Cl.N[C@@H](c1cc(F)ccc1C(F)(F)F)C1CCNCC1. The van der Waals surface area contributed by atoms with Crippen LogP contribution in [0.15, 0.2) is 18.2 Å². The molecule has 1 fully saturated rings. The van der Waals surface area contributed by atoms with Gasteiger partial charge in [-0.15, -0.1) is 12.4 Å². The highest BCUT2D eigenvalue weighted by atomic mass is 35.5. The van der Waals surface area contributed by atoms with Crippen molar-refractivity contribution < 1.29 is 17.6 Å². The average Bonchev–Trinajstić information content (AvgIpc) is 2.37. The zero-order chi connectivity index (χ0) is 14.0. The number of piperidine rings is 1. The van der Waals surface area contributed by atoms with Crippen LogP contribution in [0.25, 0.3) is 0 Å². The molecule has 0 spiro atoms. The van der Waals surface area contributed by atoms with Crippen molar-refractivity contribution in [3.63, 3.8) is 0 Å². The number of alkyl halides is 3. The van der Waals surface area contributed by atoms with Crippen LogP contribution in [0, 0.1) is 11.7 Å². The lowest BCUT2D eigenvalue weighted by molar-refractivity contribution is -0.138. The van der Waals surface area contributed by atoms with Crippen molar-refractivity contribution in [2.75, 3.05) is 13.1 Å². The molecule has 20 heavy (non-hydrogen) atoms. The van der Waals surface area contributed by atoms with E-state index in [0.717, 1.165) is 31.3 Å². The molecule has 3 N–H and O–H groups in total. The van der Waals surface area contributed by atoms with E-state index in [2.05, 4.69) is 5.32 Å². The van der Waals surface area contributed by atoms with Gasteiger partial charge in [-0.05, 0) is 55.6 Å². The van der Waals surface area contributed by atoms with Crippen LogP contribution in [-0.2, 0) is 6.18 Å². The second kappa shape index (κ2) is 6.74. The van der Waals surface area contributed by atoms with E-state index >= 15 is 0 Å². The van der Waals surface area contributed by atoms with Gasteiger partial charge < -0.3 is 11.1 Å². The molecule has 0 aromatic heterocycles. The van der Waals surface area contributed by atoms with Crippen molar-refractivity contribution in [2.45, 2.75) is 25.1 Å². The molecule has 0 amide bonds. The third-order valence-electron chi connectivity index (χ3n) is 3.57. The standard InChI is InChI=1S/C13H16F4N2.ClH/c14-9-1-2-11(13(15,16)17)10(7-9)12(18)8-3-5-19-6-4-8;/h1-2,7-8,12,19H,3-6,18H2;1H/t12-;/m1./s1. The summed E-state index contributed by atoms with van der Waals surface area (Å²) in [7, 11) is 0. The molecule has 1 saturated heterocycles.